The molecule has 0 atom stereocenters. The Morgan fingerprint density at radius 1 is 1.42 bits per heavy atom. The van der Waals surface area contributed by atoms with Crippen molar-refractivity contribution in [2.45, 2.75) is 26.6 Å². The summed E-state index contributed by atoms with van der Waals surface area (Å²) in [5.41, 5.74) is 6.32. The molecule has 0 spiro atoms. The van der Waals surface area contributed by atoms with Crippen molar-refractivity contribution < 1.29 is 4.79 Å². The number of carbonyl (C=O) groups excluding carboxylic acids is 1. The summed E-state index contributed by atoms with van der Waals surface area (Å²) in [5.74, 6) is -0.0429. The van der Waals surface area contributed by atoms with Crippen molar-refractivity contribution in [2.75, 3.05) is 0 Å². The van der Waals surface area contributed by atoms with E-state index in [-0.39, 0.29) is 5.91 Å². The zero-order valence-corrected chi connectivity index (χ0v) is 11.5. The van der Waals surface area contributed by atoms with Gasteiger partial charge >= 0.3 is 0 Å². The average Bonchev–Trinajstić information content (AvgIpc) is 3.03. The van der Waals surface area contributed by atoms with Gasteiger partial charge in [-0.1, -0.05) is 18.2 Å². The van der Waals surface area contributed by atoms with Gasteiger partial charge in [0.1, 0.15) is 4.88 Å². The van der Waals surface area contributed by atoms with E-state index in [1.165, 1.54) is 22.5 Å². The molecule has 1 aliphatic heterocycles. The molecule has 3 rings (SSSR count). The molecular formula is C14H15N3OS. The maximum Gasteiger partial charge on any atom is 0.263 e. The van der Waals surface area contributed by atoms with Crippen molar-refractivity contribution in [3.8, 4) is 0 Å². The van der Waals surface area contributed by atoms with Crippen LogP contribution in [0.25, 0.3) is 0 Å². The largest absolute Gasteiger partial charge is 0.347 e. The van der Waals surface area contributed by atoms with Crippen LogP contribution < -0.4 is 10.6 Å². The molecule has 4 nitrogen and oxygen atoms in total. The van der Waals surface area contributed by atoms with Crippen LogP contribution in [0.5, 0.6) is 0 Å². The second-order valence-corrected chi connectivity index (χ2v) is 5.51. The zero-order valence-electron chi connectivity index (χ0n) is 10.7. The minimum atomic E-state index is -0.0429. The van der Waals surface area contributed by atoms with Crippen LogP contribution in [0.1, 0.15) is 32.1 Å². The second-order valence-electron chi connectivity index (χ2n) is 4.66. The van der Waals surface area contributed by atoms with Crippen LogP contribution in [0.15, 0.2) is 23.7 Å². The molecule has 0 fully saturated rings. The van der Waals surface area contributed by atoms with Gasteiger partial charge in [0.05, 0.1) is 11.2 Å². The minimum absolute atomic E-state index is 0.0429. The SMILES string of the molecule is Cc1ncsc1C(=O)NCc1ccc2c(c1)CNC2. The fourth-order valence-electron chi connectivity index (χ4n) is 2.24. The van der Waals surface area contributed by atoms with Gasteiger partial charge in [-0.05, 0) is 23.6 Å². The molecule has 1 aliphatic rings. The van der Waals surface area contributed by atoms with Gasteiger partial charge in [-0.15, -0.1) is 11.3 Å². The third kappa shape index (κ3) is 2.52. The number of benzene rings is 1. The third-order valence-electron chi connectivity index (χ3n) is 3.31. The molecule has 0 saturated carbocycles. The van der Waals surface area contributed by atoms with E-state index in [0.717, 1.165) is 24.3 Å². The molecule has 0 unspecified atom stereocenters. The summed E-state index contributed by atoms with van der Waals surface area (Å²) in [6.45, 7) is 4.28. The fraction of sp³-hybridized carbons (Fsp3) is 0.286. The molecule has 5 heteroatoms. The Kier molecular flexibility index (Phi) is 3.31. The van der Waals surface area contributed by atoms with Crippen LogP contribution in [0.2, 0.25) is 0 Å². The van der Waals surface area contributed by atoms with Crippen LogP contribution in [0.4, 0.5) is 0 Å². The Balaban J connectivity index is 1.66. The molecule has 0 aliphatic carbocycles. The van der Waals surface area contributed by atoms with Gasteiger partial charge in [0, 0.05) is 19.6 Å². The average molecular weight is 273 g/mol. The highest BCUT2D eigenvalue weighted by atomic mass is 32.1. The first kappa shape index (κ1) is 12.3. The van der Waals surface area contributed by atoms with E-state index < -0.39 is 0 Å². The Bertz CT molecular complexity index is 621. The summed E-state index contributed by atoms with van der Waals surface area (Å²) >= 11 is 1.38. The molecule has 2 N–H and O–H groups in total. The molecule has 2 aromatic rings. The molecule has 0 saturated heterocycles. The molecule has 1 aromatic carbocycles. The number of nitrogens with one attached hydrogen (secondary N) is 2. The number of aromatic nitrogens is 1. The van der Waals surface area contributed by atoms with Crippen molar-refractivity contribution >= 4 is 17.2 Å². The third-order valence-corrected chi connectivity index (χ3v) is 4.23. The van der Waals surface area contributed by atoms with Crippen LogP contribution in [-0.2, 0) is 19.6 Å². The van der Waals surface area contributed by atoms with Gasteiger partial charge < -0.3 is 10.6 Å². The first-order valence-electron chi connectivity index (χ1n) is 6.24. The van der Waals surface area contributed by atoms with Gasteiger partial charge in [0.25, 0.3) is 5.91 Å². The van der Waals surface area contributed by atoms with Gasteiger partial charge in [0.15, 0.2) is 0 Å². The maximum absolute atomic E-state index is 12.0. The van der Waals surface area contributed by atoms with Crippen LogP contribution in [0, 0.1) is 6.92 Å². The van der Waals surface area contributed by atoms with E-state index in [9.17, 15) is 4.79 Å². The number of amides is 1. The molecule has 98 valence electrons. The number of rotatable bonds is 3. The van der Waals surface area contributed by atoms with Crippen LogP contribution >= 0.6 is 11.3 Å². The monoisotopic (exact) mass is 273 g/mol. The Morgan fingerprint density at radius 2 is 2.26 bits per heavy atom. The standard InChI is InChI=1S/C14H15N3OS/c1-9-13(19-8-17-9)14(18)16-5-10-2-3-11-6-15-7-12(11)4-10/h2-4,8,15H,5-7H2,1H3,(H,16,18). The number of nitrogens with zero attached hydrogens (tertiary/aromatic N) is 1. The van der Waals surface area contributed by atoms with E-state index in [2.05, 4.69) is 33.8 Å². The maximum atomic E-state index is 12.0. The number of hydrogen-bond acceptors (Lipinski definition) is 4. The Hall–Kier alpha value is -1.72. The topological polar surface area (TPSA) is 54.0 Å². The van der Waals surface area contributed by atoms with Crippen molar-refractivity contribution in [3.63, 3.8) is 0 Å². The summed E-state index contributed by atoms with van der Waals surface area (Å²) in [4.78, 5) is 16.8. The second kappa shape index (κ2) is 5.11. The molecule has 2 heterocycles. The van der Waals surface area contributed by atoms with Crippen molar-refractivity contribution in [1.29, 1.82) is 0 Å². The summed E-state index contributed by atoms with van der Waals surface area (Å²) in [6, 6.07) is 6.37. The van der Waals surface area contributed by atoms with Crippen LogP contribution in [0.3, 0.4) is 0 Å². The molecule has 1 aromatic heterocycles. The quantitative estimate of drug-likeness (QED) is 0.899. The molecule has 0 bridgehead atoms. The number of hydrogen-bond donors (Lipinski definition) is 2. The Morgan fingerprint density at radius 3 is 3.05 bits per heavy atom. The Labute approximate surface area is 115 Å². The highest BCUT2D eigenvalue weighted by Gasteiger charge is 2.13. The molecule has 1 amide bonds. The predicted octanol–water partition coefficient (Wildman–Crippen LogP) is 1.98. The van der Waals surface area contributed by atoms with Gasteiger partial charge in [-0.2, -0.15) is 0 Å². The lowest BCUT2D eigenvalue weighted by Crippen LogP contribution is -2.22. The summed E-state index contributed by atoms with van der Waals surface area (Å²) < 4.78 is 0. The highest BCUT2D eigenvalue weighted by molar-refractivity contribution is 7.11. The fourth-order valence-corrected chi connectivity index (χ4v) is 2.96. The lowest BCUT2D eigenvalue weighted by molar-refractivity contribution is 0.0954. The van der Waals surface area contributed by atoms with E-state index in [1.54, 1.807) is 5.51 Å². The molecular weight excluding hydrogens is 258 g/mol. The predicted molar refractivity (Wildman–Crippen MR) is 75.0 cm³/mol. The van der Waals surface area contributed by atoms with Gasteiger partial charge in [-0.25, -0.2) is 4.98 Å². The highest BCUT2D eigenvalue weighted by Crippen LogP contribution is 2.17. The minimum Gasteiger partial charge on any atom is -0.347 e. The van der Waals surface area contributed by atoms with Crippen LogP contribution in [-0.4, -0.2) is 10.9 Å². The van der Waals surface area contributed by atoms with E-state index in [4.69, 9.17) is 0 Å². The summed E-state index contributed by atoms with van der Waals surface area (Å²) in [5, 5.41) is 6.26. The van der Waals surface area contributed by atoms with Crippen molar-refractivity contribution in [2.24, 2.45) is 0 Å². The number of thiazole rings is 1. The lowest BCUT2D eigenvalue weighted by atomic mass is 10.1. The van der Waals surface area contributed by atoms with E-state index in [1.807, 2.05) is 6.92 Å². The zero-order chi connectivity index (χ0) is 13.2. The van der Waals surface area contributed by atoms with Crippen molar-refractivity contribution in [1.82, 2.24) is 15.6 Å². The van der Waals surface area contributed by atoms with E-state index >= 15 is 0 Å². The normalized spacial score (nSPS) is 13.3. The van der Waals surface area contributed by atoms with Gasteiger partial charge in [-0.3, -0.25) is 4.79 Å². The smallest absolute Gasteiger partial charge is 0.263 e. The van der Waals surface area contributed by atoms with E-state index in [0.29, 0.717) is 11.4 Å². The number of carbonyl (C=O) groups is 1. The van der Waals surface area contributed by atoms with Gasteiger partial charge in [0.2, 0.25) is 0 Å². The molecule has 0 radical (unpaired) electrons. The molecule has 19 heavy (non-hydrogen) atoms. The lowest BCUT2D eigenvalue weighted by Gasteiger charge is -2.06. The summed E-state index contributed by atoms with van der Waals surface area (Å²) in [7, 11) is 0. The summed E-state index contributed by atoms with van der Waals surface area (Å²) in [6.07, 6.45) is 0. The first-order chi connectivity index (χ1) is 9.24. The number of aryl methyl sites for hydroxylation is 1. The first-order valence-corrected chi connectivity index (χ1v) is 7.11. The van der Waals surface area contributed by atoms with Crippen molar-refractivity contribution in [3.05, 3.63) is 51.0 Å². The number of fused-ring (bicyclic) bond motifs is 1.